The standard InChI is InChI=1S/C17H23NO5S/c1-3-24(22,23)14-6-4-13(5-7-14)11-16(19)18-9-8-12(2)10-15(18)17(20)21/h4-7,12,15H,3,8-11H2,1-2H3,(H,20,21). The first-order valence-corrected chi connectivity index (χ1v) is 9.73. The highest BCUT2D eigenvalue weighted by molar-refractivity contribution is 7.91. The molecule has 1 saturated heterocycles. The van der Waals surface area contributed by atoms with Crippen molar-refractivity contribution in [1.82, 2.24) is 4.90 Å². The molecule has 7 heteroatoms. The average Bonchev–Trinajstić information content (AvgIpc) is 2.55. The molecule has 0 aliphatic carbocycles. The Morgan fingerprint density at radius 2 is 1.88 bits per heavy atom. The zero-order valence-corrected chi connectivity index (χ0v) is 14.8. The quantitative estimate of drug-likeness (QED) is 0.870. The van der Waals surface area contributed by atoms with Gasteiger partial charge in [0.05, 0.1) is 17.1 Å². The largest absolute Gasteiger partial charge is 0.480 e. The molecule has 2 atom stereocenters. The number of carboxylic acid groups (broad SMARTS) is 1. The van der Waals surface area contributed by atoms with E-state index in [1.165, 1.54) is 17.0 Å². The van der Waals surface area contributed by atoms with Gasteiger partial charge in [0.15, 0.2) is 9.84 Å². The summed E-state index contributed by atoms with van der Waals surface area (Å²) in [5.41, 5.74) is 0.679. The Bertz CT molecular complexity index is 711. The molecule has 1 aromatic carbocycles. The Morgan fingerprint density at radius 3 is 2.42 bits per heavy atom. The number of carbonyl (C=O) groups excluding carboxylic acids is 1. The maximum absolute atomic E-state index is 12.5. The van der Waals surface area contributed by atoms with Gasteiger partial charge in [-0.3, -0.25) is 4.79 Å². The van der Waals surface area contributed by atoms with E-state index in [9.17, 15) is 23.1 Å². The van der Waals surface area contributed by atoms with Gasteiger partial charge in [0.25, 0.3) is 0 Å². The third kappa shape index (κ3) is 4.14. The van der Waals surface area contributed by atoms with Crippen LogP contribution in [-0.4, -0.2) is 48.6 Å². The van der Waals surface area contributed by atoms with Crippen LogP contribution in [0.1, 0.15) is 32.3 Å². The van der Waals surface area contributed by atoms with Crippen molar-refractivity contribution < 1.29 is 23.1 Å². The van der Waals surface area contributed by atoms with E-state index >= 15 is 0 Å². The number of aliphatic carboxylic acids is 1. The molecule has 2 rings (SSSR count). The molecule has 132 valence electrons. The second-order valence-electron chi connectivity index (χ2n) is 6.29. The fourth-order valence-corrected chi connectivity index (χ4v) is 3.82. The molecule has 1 fully saturated rings. The van der Waals surface area contributed by atoms with Gasteiger partial charge in [-0.05, 0) is 36.5 Å². The highest BCUT2D eigenvalue weighted by Crippen LogP contribution is 2.23. The lowest BCUT2D eigenvalue weighted by Crippen LogP contribution is -2.50. The number of nitrogens with zero attached hydrogens (tertiary/aromatic N) is 1. The third-order valence-electron chi connectivity index (χ3n) is 4.49. The van der Waals surface area contributed by atoms with Crippen LogP contribution in [0.25, 0.3) is 0 Å². The van der Waals surface area contributed by atoms with Crippen molar-refractivity contribution in [1.29, 1.82) is 0 Å². The summed E-state index contributed by atoms with van der Waals surface area (Å²) < 4.78 is 23.6. The molecule has 0 saturated carbocycles. The van der Waals surface area contributed by atoms with Crippen molar-refractivity contribution in [2.24, 2.45) is 5.92 Å². The molecular formula is C17H23NO5S. The molecular weight excluding hydrogens is 330 g/mol. The topological polar surface area (TPSA) is 91.8 Å². The number of piperidine rings is 1. The molecule has 1 amide bonds. The maximum atomic E-state index is 12.5. The first-order chi connectivity index (χ1) is 11.2. The van der Waals surface area contributed by atoms with Crippen molar-refractivity contribution in [3.63, 3.8) is 0 Å². The lowest BCUT2D eigenvalue weighted by Gasteiger charge is -2.36. The number of carbonyl (C=O) groups is 2. The van der Waals surface area contributed by atoms with Crippen LogP contribution in [0.5, 0.6) is 0 Å². The first kappa shape index (κ1) is 18.4. The summed E-state index contributed by atoms with van der Waals surface area (Å²) in [6, 6.07) is 5.44. The Hall–Kier alpha value is -1.89. The van der Waals surface area contributed by atoms with Crippen LogP contribution in [0.15, 0.2) is 29.2 Å². The zero-order chi connectivity index (χ0) is 17.9. The van der Waals surface area contributed by atoms with E-state index in [0.717, 1.165) is 6.42 Å². The molecule has 0 spiro atoms. The lowest BCUT2D eigenvalue weighted by molar-refractivity contribution is -0.152. The summed E-state index contributed by atoms with van der Waals surface area (Å²) in [7, 11) is -3.26. The first-order valence-electron chi connectivity index (χ1n) is 8.08. The van der Waals surface area contributed by atoms with E-state index in [-0.39, 0.29) is 28.9 Å². The predicted octanol–water partition coefficient (Wildman–Crippen LogP) is 1.73. The van der Waals surface area contributed by atoms with Crippen molar-refractivity contribution in [2.45, 2.75) is 44.0 Å². The fourth-order valence-electron chi connectivity index (χ4n) is 2.93. The van der Waals surface area contributed by atoms with Crippen LogP contribution in [-0.2, 0) is 25.8 Å². The number of hydrogen-bond acceptors (Lipinski definition) is 4. The van der Waals surface area contributed by atoms with E-state index in [2.05, 4.69) is 0 Å². The average molecular weight is 353 g/mol. The van der Waals surface area contributed by atoms with Crippen LogP contribution in [0.4, 0.5) is 0 Å². The molecule has 6 nitrogen and oxygen atoms in total. The fraction of sp³-hybridized carbons (Fsp3) is 0.529. The maximum Gasteiger partial charge on any atom is 0.326 e. The molecule has 24 heavy (non-hydrogen) atoms. The minimum absolute atomic E-state index is 0.0253. The second kappa shape index (κ2) is 7.34. The van der Waals surface area contributed by atoms with E-state index in [0.29, 0.717) is 18.5 Å². The van der Waals surface area contributed by atoms with E-state index in [4.69, 9.17) is 0 Å². The molecule has 1 aliphatic heterocycles. The number of sulfone groups is 1. The highest BCUT2D eigenvalue weighted by atomic mass is 32.2. The monoisotopic (exact) mass is 353 g/mol. The van der Waals surface area contributed by atoms with Crippen molar-refractivity contribution >= 4 is 21.7 Å². The normalized spacial score (nSPS) is 21.5. The van der Waals surface area contributed by atoms with Gasteiger partial charge in [0.2, 0.25) is 5.91 Å². The molecule has 0 bridgehead atoms. The van der Waals surface area contributed by atoms with Crippen LogP contribution in [0.3, 0.4) is 0 Å². The van der Waals surface area contributed by atoms with Gasteiger partial charge in [-0.25, -0.2) is 13.2 Å². The van der Waals surface area contributed by atoms with E-state index < -0.39 is 21.8 Å². The minimum Gasteiger partial charge on any atom is -0.480 e. The summed E-state index contributed by atoms with van der Waals surface area (Å²) >= 11 is 0. The number of amides is 1. The Kier molecular flexibility index (Phi) is 5.64. The van der Waals surface area contributed by atoms with Gasteiger partial charge < -0.3 is 10.0 Å². The summed E-state index contributed by atoms with van der Waals surface area (Å²) in [6.45, 7) is 4.01. The highest BCUT2D eigenvalue weighted by Gasteiger charge is 2.34. The predicted molar refractivity (Wildman–Crippen MR) is 89.4 cm³/mol. The van der Waals surface area contributed by atoms with Crippen LogP contribution >= 0.6 is 0 Å². The Labute approximate surface area is 142 Å². The summed E-state index contributed by atoms with van der Waals surface area (Å²) in [5, 5.41) is 9.33. The Balaban J connectivity index is 2.10. The smallest absolute Gasteiger partial charge is 0.326 e. The number of hydrogen-bond donors (Lipinski definition) is 1. The summed E-state index contributed by atoms with van der Waals surface area (Å²) in [5.74, 6) is -0.897. The van der Waals surface area contributed by atoms with E-state index in [1.54, 1.807) is 19.1 Å². The Morgan fingerprint density at radius 1 is 1.25 bits per heavy atom. The minimum atomic E-state index is -3.26. The molecule has 1 N–H and O–H groups in total. The molecule has 1 aliphatic rings. The molecule has 0 aromatic heterocycles. The second-order valence-corrected chi connectivity index (χ2v) is 8.57. The number of rotatable bonds is 5. The van der Waals surface area contributed by atoms with Crippen molar-refractivity contribution in [2.75, 3.05) is 12.3 Å². The van der Waals surface area contributed by atoms with Gasteiger partial charge >= 0.3 is 5.97 Å². The molecule has 1 aromatic rings. The van der Waals surface area contributed by atoms with Crippen LogP contribution in [0, 0.1) is 5.92 Å². The zero-order valence-electron chi connectivity index (χ0n) is 13.9. The van der Waals surface area contributed by atoms with Crippen LogP contribution < -0.4 is 0 Å². The van der Waals surface area contributed by atoms with E-state index in [1.807, 2.05) is 6.92 Å². The van der Waals surface area contributed by atoms with Gasteiger partial charge in [-0.2, -0.15) is 0 Å². The number of carboxylic acids is 1. The lowest BCUT2D eigenvalue weighted by atomic mass is 9.92. The van der Waals surface area contributed by atoms with Gasteiger partial charge in [0.1, 0.15) is 6.04 Å². The number of likely N-dealkylation sites (tertiary alicyclic amines) is 1. The van der Waals surface area contributed by atoms with Crippen molar-refractivity contribution in [3.8, 4) is 0 Å². The van der Waals surface area contributed by atoms with Gasteiger partial charge in [0, 0.05) is 6.54 Å². The number of benzene rings is 1. The van der Waals surface area contributed by atoms with Crippen molar-refractivity contribution in [3.05, 3.63) is 29.8 Å². The van der Waals surface area contributed by atoms with Gasteiger partial charge in [-0.1, -0.05) is 26.0 Å². The van der Waals surface area contributed by atoms with Crippen LogP contribution in [0.2, 0.25) is 0 Å². The third-order valence-corrected chi connectivity index (χ3v) is 6.24. The molecule has 1 heterocycles. The molecule has 0 radical (unpaired) electrons. The molecule has 2 unspecified atom stereocenters. The van der Waals surface area contributed by atoms with Gasteiger partial charge in [-0.15, -0.1) is 0 Å². The summed E-state index contributed by atoms with van der Waals surface area (Å²) in [6.07, 6.45) is 1.34. The SMILES string of the molecule is CCS(=O)(=O)c1ccc(CC(=O)N2CCC(C)CC2C(=O)O)cc1. The summed E-state index contributed by atoms with van der Waals surface area (Å²) in [4.78, 5) is 25.5.